The Morgan fingerprint density at radius 2 is 1.11 bits per heavy atom. The molecule has 0 saturated heterocycles. The summed E-state index contributed by atoms with van der Waals surface area (Å²) >= 11 is 6.60. The van der Waals surface area contributed by atoms with Gasteiger partial charge in [-0.15, -0.1) is 0 Å². The van der Waals surface area contributed by atoms with E-state index in [1.54, 1.807) is 0 Å². The largest absolute Gasteiger partial charge is 0.456 e. The van der Waals surface area contributed by atoms with Gasteiger partial charge in [-0.3, -0.25) is 0 Å². The maximum absolute atomic E-state index is 6.60. The molecule has 166 valence electrons. The number of rotatable bonds is 1. The molecular weight excluding hydrogens is 469 g/mol. The van der Waals surface area contributed by atoms with Crippen molar-refractivity contribution < 1.29 is 9.47 Å². The van der Waals surface area contributed by atoms with Gasteiger partial charge in [0, 0.05) is 33.1 Å². The molecule has 1 unspecified atom stereocenters. The summed E-state index contributed by atoms with van der Waals surface area (Å²) in [5, 5.41) is 5.66. The molecule has 2 aliphatic heterocycles. The number of hydrogen-bond acceptors (Lipinski definition) is 3. The van der Waals surface area contributed by atoms with Crippen molar-refractivity contribution in [2.24, 2.45) is 0 Å². The van der Waals surface area contributed by atoms with E-state index in [-0.39, 0.29) is 0 Å². The van der Waals surface area contributed by atoms with Crippen molar-refractivity contribution in [2.75, 3.05) is 0 Å². The van der Waals surface area contributed by atoms with Gasteiger partial charge in [0.25, 0.3) is 0 Å². The lowest BCUT2D eigenvalue weighted by molar-refractivity contribution is 0.466. The molecule has 35 heavy (non-hydrogen) atoms. The fraction of sp³-hybridized carbons (Fsp3) is 0. The zero-order valence-electron chi connectivity index (χ0n) is 18.5. The minimum absolute atomic E-state index is 0.798. The SMILES string of the molecule is S=P12c3ccccc3Oc3cccc(c31)Oc1cc(-n3c4ccccc4c4ccccc43)ccc12. The summed E-state index contributed by atoms with van der Waals surface area (Å²) in [6, 6.07) is 35.4. The topological polar surface area (TPSA) is 23.4 Å². The number of para-hydroxylation sites is 3. The van der Waals surface area contributed by atoms with E-state index in [0.717, 1.165) is 44.6 Å². The molecule has 0 radical (unpaired) electrons. The number of fused-ring (bicyclic) bond motifs is 7. The number of aromatic nitrogens is 1. The van der Waals surface area contributed by atoms with Gasteiger partial charge in [-0.05, 0) is 48.5 Å². The third kappa shape index (κ3) is 2.48. The maximum Gasteiger partial charge on any atom is 0.140 e. The summed E-state index contributed by atoms with van der Waals surface area (Å²) in [4.78, 5) is 0. The number of hydrogen-bond donors (Lipinski definition) is 0. The summed E-state index contributed by atoms with van der Waals surface area (Å²) in [5.41, 5.74) is 3.40. The molecular formula is C30H18NO2PS. The Balaban J connectivity index is 1.42. The molecule has 5 aromatic carbocycles. The molecule has 0 bridgehead atoms. The molecule has 0 fully saturated rings. The van der Waals surface area contributed by atoms with Crippen LogP contribution in [0.2, 0.25) is 0 Å². The maximum atomic E-state index is 6.60. The normalized spacial score (nSPS) is 17.3. The zero-order valence-corrected chi connectivity index (χ0v) is 20.2. The van der Waals surface area contributed by atoms with Crippen molar-refractivity contribution in [1.29, 1.82) is 0 Å². The molecule has 3 nitrogen and oxygen atoms in total. The molecule has 6 aromatic rings. The standard InChI is InChI=1S/C30H18NO2PS/c35-34-28-15-6-5-12-24(28)32-25-13-7-14-26(30(25)34)33-27-18-19(16-17-29(27)34)31-22-10-3-1-8-20(22)21-9-2-4-11-23(21)31/h1-18H. The van der Waals surface area contributed by atoms with E-state index in [0.29, 0.717) is 0 Å². The van der Waals surface area contributed by atoms with Gasteiger partial charge in [-0.2, -0.15) is 0 Å². The van der Waals surface area contributed by atoms with Crippen molar-refractivity contribution in [3.8, 4) is 28.7 Å². The second-order valence-corrected chi connectivity index (χ2v) is 13.2. The van der Waals surface area contributed by atoms with Crippen molar-refractivity contribution in [3.63, 3.8) is 0 Å². The third-order valence-electron chi connectivity index (χ3n) is 7.04. The van der Waals surface area contributed by atoms with Crippen molar-refractivity contribution in [3.05, 3.63) is 109 Å². The Hall–Kier alpha value is -3.85. The quantitative estimate of drug-likeness (QED) is 0.239. The predicted molar refractivity (Wildman–Crippen MR) is 147 cm³/mol. The second-order valence-electron chi connectivity index (χ2n) is 8.91. The lowest BCUT2D eigenvalue weighted by Gasteiger charge is -2.37. The first-order valence-electron chi connectivity index (χ1n) is 11.6. The molecule has 1 atom stereocenters. The van der Waals surface area contributed by atoms with E-state index in [2.05, 4.69) is 77.4 Å². The molecule has 0 spiro atoms. The van der Waals surface area contributed by atoms with Gasteiger partial charge in [0.05, 0.1) is 22.4 Å². The first-order valence-corrected chi connectivity index (χ1v) is 14.4. The first-order chi connectivity index (χ1) is 17.2. The van der Waals surface area contributed by atoms with Crippen molar-refractivity contribution in [2.45, 2.75) is 0 Å². The van der Waals surface area contributed by atoms with Gasteiger partial charge >= 0.3 is 0 Å². The fourth-order valence-electron chi connectivity index (χ4n) is 5.57. The summed E-state index contributed by atoms with van der Waals surface area (Å²) in [7, 11) is 0. The minimum Gasteiger partial charge on any atom is -0.456 e. The van der Waals surface area contributed by atoms with E-state index in [9.17, 15) is 0 Å². The molecule has 0 aliphatic carbocycles. The third-order valence-corrected chi connectivity index (χ3v) is 11.9. The molecule has 0 amide bonds. The van der Waals surface area contributed by atoms with Crippen molar-refractivity contribution in [1.82, 2.24) is 4.57 Å². The first kappa shape index (κ1) is 19.5. The van der Waals surface area contributed by atoms with Gasteiger partial charge < -0.3 is 14.0 Å². The van der Waals surface area contributed by atoms with Gasteiger partial charge in [0.15, 0.2) is 0 Å². The highest BCUT2D eigenvalue weighted by Crippen LogP contribution is 2.58. The summed E-state index contributed by atoms with van der Waals surface area (Å²) < 4.78 is 15.1. The molecule has 1 aromatic heterocycles. The fourth-order valence-corrected chi connectivity index (χ4v) is 10.1. The van der Waals surface area contributed by atoms with E-state index in [1.165, 1.54) is 21.8 Å². The van der Waals surface area contributed by atoms with Crippen LogP contribution in [0.5, 0.6) is 23.0 Å². The van der Waals surface area contributed by atoms with Crippen LogP contribution in [0.1, 0.15) is 0 Å². The summed E-state index contributed by atoms with van der Waals surface area (Å²) in [6.07, 6.45) is 0. The van der Waals surface area contributed by atoms with Gasteiger partial charge in [-0.25, -0.2) is 0 Å². The van der Waals surface area contributed by atoms with Crippen LogP contribution in [0.25, 0.3) is 27.5 Å². The van der Waals surface area contributed by atoms with Crippen LogP contribution in [0, 0.1) is 0 Å². The average molecular weight is 488 g/mol. The van der Waals surface area contributed by atoms with Gasteiger partial charge in [-0.1, -0.05) is 66.4 Å². The minimum atomic E-state index is -2.33. The lowest BCUT2D eigenvalue weighted by Crippen LogP contribution is -2.34. The van der Waals surface area contributed by atoms with Crippen LogP contribution in [-0.4, -0.2) is 4.57 Å². The number of benzene rings is 5. The van der Waals surface area contributed by atoms with E-state index < -0.39 is 6.04 Å². The highest BCUT2D eigenvalue weighted by Gasteiger charge is 2.42. The van der Waals surface area contributed by atoms with E-state index >= 15 is 0 Å². The van der Waals surface area contributed by atoms with E-state index in [1.807, 2.05) is 36.4 Å². The van der Waals surface area contributed by atoms with Gasteiger partial charge in [0.2, 0.25) is 0 Å². The van der Waals surface area contributed by atoms with E-state index in [4.69, 9.17) is 21.3 Å². The Morgan fingerprint density at radius 3 is 1.86 bits per heavy atom. The predicted octanol–water partition coefficient (Wildman–Crippen LogP) is 6.75. The smallest absolute Gasteiger partial charge is 0.140 e. The van der Waals surface area contributed by atoms with Crippen LogP contribution >= 0.6 is 6.04 Å². The van der Waals surface area contributed by atoms with Crippen LogP contribution in [-0.2, 0) is 11.8 Å². The Labute approximate surface area is 207 Å². The lowest BCUT2D eigenvalue weighted by atomic mass is 10.2. The number of ether oxygens (including phenoxy) is 2. The molecule has 0 N–H and O–H groups in total. The molecule has 2 aliphatic rings. The Kier molecular flexibility index (Phi) is 3.81. The van der Waals surface area contributed by atoms with Crippen LogP contribution in [0.4, 0.5) is 0 Å². The summed E-state index contributed by atoms with van der Waals surface area (Å²) in [5.74, 6) is 3.28. The average Bonchev–Trinajstić information content (AvgIpc) is 3.23. The Bertz CT molecular complexity index is 1850. The molecule has 8 rings (SSSR count). The van der Waals surface area contributed by atoms with Crippen LogP contribution < -0.4 is 25.4 Å². The zero-order chi connectivity index (χ0) is 23.1. The molecule has 3 heterocycles. The molecule has 5 heteroatoms. The summed E-state index contributed by atoms with van der Waals surface area (Å²) in [6.45, 7) is 0. The van der Waals surface area contributed by atoms with Crippen LogP contribution in [0.3, 0.4) is 0 Å². The second kappa shape index (κ2) is 6.85. The van der Waals surface area contributed by atoms with Gasteiger partial charge in [0.1, 0.15) is 23.0 Å². The number of nitrogens with zero attached hydrogens (tertiary/aromatic N) is 1. The Morgan fingerprint density at radius 1 is 0.543 bits per heavy atom. The highest BCUT2D eigenvalue weighted by atomic mass is 32.4. The van der Waals surface area contributed by atoms with Crippen molar-refractivity contribution >= 4 is 55.6 Å². The molecule has 0 saturated carbocycles. The van der Waals surface area contributed by atoms with Crippen LogP contribution in [0.15, 0.2) is 109 Å². The highest BCUT2D eigenvalue weighted by molar-refractivity contribution is 8.26. The monoisotopic (exact) mass is 487 g/mol.